The fourth-order valence-corrected chi connectivity index (χ4v) is 3.69. The van der Waals surface area contributed by atoms with Crippen molar-refractivity contribution in [1.82, 2.24) is 4.90 Å². The third kappa shape index (κ3) is 3.18. The molecule has 0 saturated carbocycles. The Labute approximate surface area is 141 Å². The lowest BCUT2D eigenvalue weighted by molar-refractivity contribution is -0.121. The highest BCUT2D eigenvalue weighted by atomic mass is 127. The molecule has 0 spiro atoms. The molecule has 0 radical (unpaired) electrons. The van der Waals surface area contributed by atoms with E-state index in [0.29, 0.717) is 21.6 Å². The summed E-state index contributed by atoms with van der Waals surface area (Å²) in [6.07, 6.45) is 1.84. The minimum atomic E-state index is -0.0506. The summed E-state index contributed by atoms with van der Waals surface area (Å²) < 4.78 is 11.6. The summed E-state index contributed by atoms with van der Waals surface area (Å²) in [6, 6.07) is 3.80. The number of thioether (sulfide) groups is 1. The molecule has 1 heterocycles. The van der Waals surface area contributed by atoms with Crippen LogP contribution in [0.2, 0.25) is 0 Å². The first kappa shape index (κ1) is 16.2. The van der Waals surface area contributed by atoms with Crippen molar-refractivity contribution >= 4 is 51.5 Å². The molecule has 7 heteroatoms. The lowest BCUT2D eigenvalue weighted by atomic mass is 10.2. The van der Waals surface area contributed by atoms with Gasteiger partial charge in [-0.3, -0.25) is 14.7 Å². The Hall–Kier alpha value is -1.22. The molecule has 1 aromatic rings. The number of hydrogen-bond donors (Lipinski definition) is 0. The maximum atomic E-state index is 12.1. The van der Waals surface area contributed by atoms with Crippen molar-refractivity contribution < 1.29 is 14.3 Å². The summed E-state index contributed by atoms with van der Waals surface area (Å²) >= 11 is 3.55. The summed E-state index contributed by atoms with van der Waals surface area (Å²) in [5, 5.41) is 0.696. The van der Waals surface area contributed by atoms with Gasteiger partial charge in [-0.05, 0) is 58.1 Å². The average Bonchev–Trinajstić information content (AvgIpc) is 2.74. The average molecular weight is 418 g/mol. The zero-order chi connectivity index (χ0) is 15.6. The van der Waals surface area contributed by atoms with Crippen LogP contribution in [0.4, 0.5) is 0 Å². The van der Waals surface area contributed by atoms with Crippen molar-refractivity contribution in [2.45, 2.75) is 0 Å². The van der Waals surface area contributed by atoms with E-state index in [1.165, 1.54) is 11.8 Å². The van der Waals surface area contributed by atoms with Gasteiger partial charge in [0.15, 0.2) is 16.7 Å². The molecule has 5 nitrogen and oxygen atoms in total. The first-order valence-electron chi connectivity index (χ1n) is 6.07. The van der Waals surface area contributed by atoms with E-state index in [4.69, 9.17) is 9.47 Å². The Morgan fingerprint density at radius 2 is 2.05 bits per heavy atom. The molecule has 0 unspecified atom stereocenters. The maximum Gasteiger partial charge on any atom is 0.266 e. The van der Waals surface area contributed by atoms with E-state index in [-0.39, 0.29) is 5.91 Å². The van der Waals surface area contributed by atoms with E-state index in [0.717, 1.165) is 9.13 Å². The van der Waals surface area contributed by atoms with E-state index < -0.39 is 0 Å². The number of carbonyl (C=O) groups is 1. The van der Waals surface area contributed by atoms with Crippen LogP contribution >= 0.6 is 34.4 Å². The molecule has 0 atom stereocenters. The number of likely N-dealkylation sites (N-methyl/N-ethyl adjacent to an activating group) is 1. The minimum Gasteiger partial charge on any atom is -0.493 e. The fraction of sp³-hybridized carbons (Fsp3) is 0.286. The van der Waals surface area contributed by atoms with Gasteiger partial charge in [-0.25, -0.2) is 0 Å². The Balaban J connectivity index is 2.42. The fourth-order valence-electron chi connectivity index (χ4n) is 1.92. The molecule has 112 valence electrons. The number of halogens is 1. The van der Waals surface area contributed by atoms with Crippen molar-refractivity contribution in [2.24, 2.45) is 4.99 Å². The van der Waals surface area contributed by atoms with E-state index in [1.54, 1.807) is 33.2 Å². The Kier molecular flexibility index (Phi) is 5.15. The predicted molar refractivity (Wildman–Crippen MR) is 94.0 cm³/mol. The second-order valence-corrected chi connectivity index (χ2v) is 6.39. The number of nitrogens with zero attached hydrogens (tertiary/aromatic N) is 2. The number of amidine groups is 1. The molecule has 0 N–H and O–H groups in total. The second kappa shape index (κ2) is 6.69. The van der Waals surface area contributed by atoms with Crippen molar-refractivity contribution in [1.29, 1.82) is 0 Å². The van der Waals surface area contributed by atoms with E-state index >= 15 is 0 Å². The summed E-state index contributed by atoms with van der Waals surface area (Å²) in [6.45, 7) is 0. The Bertz CT molecular complexity index is 643. The molecular weight excluding hydrogens is 403 g/mol. The maximum absolute atomic E-state index is 12.1. The van der Waals surface area contributed by atoms with Crippen LogP contribution in [0.15, 0.2) is 22.0 Å². The number of ether oxygens (including phenoxy) is 2. The summed E-state index contributed by atoms with van der Waals surface area (Å²) in [7, 11) is 6.59. The molecule has 0 bridgehead atoms. The number of amides is 1. The number of carbonyl (C=O) groups excluding carboxylic acids is 1. The van der Waals surface area contributed by atoms with Gasteiger partial charge in [-0.2, -0.15) is 0 Å². The zero-order valence-electron chi connectivity index (χ0n) is 12.1. The van der Waals surface area contributed by atoms with Crippen molar-refractivity contribution in [3.05, 3.63) is 26.2 Å². The number of aliphatic imine (C=N–C) groups is 1. The molecule has 0 aromatic heterocycles. The zero-order valence-corrected chi connectivity index (χ0v) is 15.1. The smallest absolute Gasteiger partial charge is 0.266 e. The van der Waals surface area contributed by atoms with E-state index in [9.17, 15) is 4.79 Å². The normalized spacial score (nSPS) is 18.7. The molecule has 21 heavy (non-hydrogen) atoms. The Morgan fingerprint density at radius 3 is 2.57 bits per heavy atom. The molecule has 1 aliphatic rings. The Morgan fingerprint density at radius 1 is 1.33 bits per heavy atom. The van der Waals surface area contributed by atoms with E-state index in [1.807, 2.05) is 18.2 Å². The second-order valence-electron chi connectivity index (χ2n) is 4.22. The topological polar surface area (TPSA) is 51.1 Å². The third-order valence-electron chi connectivity index (χ3n) is 2.95. The number of benzene rings is 1. The van der Waals surface area contributed by atoms with Crippen LogP contribution < -0.4 is 9.47 Å². The van der Waals surface area contributed by atoms with Crippen molar-refractivity contribution in [2.75, 3.05) is 28.3 Å². The van der Waals surface area contributed by atoms with Gasteiger partial charge in [-0.15, -0.1) is 0 Å². The monoisotopic (exact) mass is 418 g/mol. The van der Waals surface area contributed by atoms with Gasteiger partial charge in [0, 0.05) is 14.1 Å². The minimum absolute atomic E-state index is 0.0506. The van der Waals surface area contributed by atoms with Crippen LogP contribution in [-0.2, 0) is 4.79 Å². The van der Waals surface area contributed by atoms with Gasteiger partial charge < -0.3 is 9.47 Å². The predicted octanol–water partition coefficient (Wildman–Crippen LogP) is 2.84. The molecule has 1 amide bonds. The van der Waals surface area contributed by atoms with E-state index in [2.05, 4.69) is 27.6 Å². The van der Waals surface area contributed by atoms with Crippen LogP contribution in [0.3, 0.4) is 0 Å². The standard InChI is InChI=1S/C14H15IN2O3S/c1-16-14-17(2)13(18)11(21-14)7-8-5-9(15)12(20-4)10(6-8)19-3/h5-7H,1-4H3/b11-7-,16-14?. The summed E-state index contributed by atoms with van der Waals surface area (Å²) in [5.41, 5.74) is 0.888. The molecule has 1 aromatic carbocycles. The molecule has 2 rings (SSSR count). The highest BCUT2D eigenvalue weighted by molar-refractivity contribution is 14.1. The molecule has 1 aliphatic heterocycles. The quantitative estimate of drug-likeness (QED) is 0.560. The largest absolute Gasteiger partial charge is 0.493 e. The highest BCUT2D eigenvalue weighted by Gasteiger charge is 2.29. The van der Waals surface area contributed by atoms with Gasteiger partial charge in [0.05, 0.1) is 22.7 Å². The van der Waals surface area contributed by atoms with Gasteiger partial charge in [0.2, 0.25) is 0 Å². The first-order chi connectivity index (χ1) is 10.0. The molecule has 1 fully saturated rings. The van der Waals surface area contributed by atoms with Gasteiger partial charge in [-0.1, -0.05) is 0 Å². The highest BCUT2D eigenvalue weighted by Crippen LogP contribution is 2.36. The van der Waals surface area contributed by atoms with Gasteiger partial charge in [0.25, 0.3) is 5.91 Å². The summed E-state index contributed by atoms with van der Waals surface area (Å²) in [4.78, 5) is 18.4. The first-order valence-corrected chi connectivity index (χ1v) is 7.97. The summed E-state index contributed by atoms with van der Waals surface area (Å²) in [5.74, 6) is 1.29. The van der Waals surface area contributed by atoms with Crippen molar-refractivity contribution in [3.8, 4) is 11.5 Å². The van der Waals surface area contributed by atoms with Crippen LogP contribution in [0.5, 0.6) is 11.5 Å². The van der Waals surface area contributed by atoms with Crippen LogP contribution in [0.25, 0.3) is 6.08 Å². The number of rotatable bonds is 3. The van der Waals surface area contributed by atoms with Crippen LogP contribution in [0.1, 0.15) is 5.56 Å². The molecule has 0 aliphatic carbocycles. The van der Waals surface area contributed by atoms with Crippen LogP contribution in [0, 0.1) is 3.57 Å². The van der Waals surface area contributed by atoms with Gasteiger partial charge in [0.1, 0.15) is 0 Å². The van der Waals surface area contributed by atoms with Gasteiger partial charge >= 0.3 is 0 Å². The third-order valence-corrected chi connectivity index (χ3v) is 4.90. The molecule has 1 saturated heterocycles. The van der Waals surface area contributed by atoms with Crippen molar-refractivity contribution in [3.63, 3.8) is 0 Å². The lowest BCUT2D eigenvalue weighted by Gasteiger charge is -2.10. The van der Waals surface area contributed by atoms with Crippen LogP contribution in [-0.4, -0.2) is 44.3 Å². The molecular formula is C14H15IN2O3S. The lowest BCUT2D eigenvalue weighted by Crippen LogP contribution is -2.23. The SMILES string of the molecule is CN=C1S/C(=C\c2cc(I)c(OC)c(OC)c2)C(=O)N1C. The number of methoxy groups -OCH3 is 2. The number of hydrogen-bond acceptors (Lipinski definition) is 5.